The van der Waals surface area contributed by atoms with Crippen molar-refractivity contribution in [3.63, 3.8) is 0 Å². The van der Waals surface area contributed by atoms with Crippen LogP contribution in [0.4, 0.5) is 0 Å². The molecule has 0 bridgehead atoms. The van der Waals surface area contributed by atoms with Crippen molar-refractivity contribution in [3.8, 4) is 0 Å². The van der Waals surface area contributed by atoms with E-state index in [-0.39, 0.29) is 5.78 Å². The quantitative estimate of drug-likeness (QED) is 0.755. The van der Waals surface area contributed by atoms with Gasteiger partial charge in [-0.05, 0) is 0 Å². The van der Waals surface area contributed by atoms with Gasteiger partial charge in [-0.25, -0.2) is 4.98 Å². The Hall–Kier alpha value is -1.70. The van der Waals surface area contributed by atoms with Crippen LogP contribution in [-0.4, -0.2) is 45.4 Å². The van der Waals surface area contributed by atoms with Crippen LogP contribution in [0.15, 0.2) is 18.7 Å². The average Bonchev–Trinajstić information content (AvgIpc) is 3.03. The van der Waals surface area contributed by atoms with Gasteiger partial charge in [0.15, 0.2) is 0 Å². The van der Waals surface area contributed by atoms with Gasteiger partial charge in [-0.2, -0.15) is 5.10 Å². The molecule has 0 aliphatic heterocycles. The molecule has 0 amide bonds. The van der Waals surface area contributed by atoms with Crippen molar-refractivity contribution in [1.82, 2.24) is 19.3 Å². The number of ketones is 1. The number of hydrogen-bond acceptors (Lipinski definition) is 5. The Balaban J connectivity index is 2.25. The molecule has 2 aromatic rings. The summed E-state index contributed by atoms with van der Waals surface area (Å²) < 4.78 is 8.27. The van der Waals surface area contributed by atoms with Gasteiger partial charge in [-0.15, -0.1) is 0 Å². The van der Waals surface area contributed by atoms with Crippen LogP contribution >= 0.6 is 11.6 Å². The summed E-state index contributed by atoms with van der Waals surface area (Å²) in [4.78, 5) is 16.5. The van der Waals surface area contributed by atoms with Gasteiger partial charge >= 0.3 is 0 Å². The van der Waals surface area contributed by atoms with Crippen LogP contribution in [0.2, 0.25) is 5.02 Å². The van der Waals surface area contributed by atoms with E-state index in [0.29, 0.717) is 42.7 Å². The highest BCUT2D eigenvalue weighted by molar-refractivity contribution is 6.34. The Labute approximate surface area is 121 Å². The molecular formula is C12H16ClN5O2. The third-order valence-electron chi connectivity index (χ3n) is 2.77. The van der Waals surface area contributed by atoms with Crippen LogP contribution in [0.3, 0.4) is 0 Å². The van der Waals surface area contributed by atoms with Crippen LogP contribution in [0.1, 0.15) is 16.2 Å². The van der Waals surface area contributed by atoms with Crippen LogP contribution in [0.5, 0.6) is 0 Å². The largest absolute Gasteiger partial charge is 0.383 e. The Morgan fingerprint density at radius 2 is 2.30 bits per heavy atom. The lowest BCUT2D eigenvalue weighted by atomic mass is 10.2. The number of imidazole rings is 1. The molecule has 0 radical (unpaired) electrons. The van der Waals surface area contributed by atoms with Crippen molar-refractivity contribution in [2.45, 2.75) is 13.1 Å². The van der Waals surface area contributed by atoms with Crippen LogP contribution in [-0.2, 0) is 17.8 Å². The number of halogens is 1. The number of carbonyl (C=O) groups is 1. The molecule has 0 aromatic carbocycles. The minimum Gasteiger partial charge on any atom is -0.383 e. The van der Waals surface area contributed by atoms with Crippen molar-refractivity contribution in [3.05, 3.63) is 35.1 Å². The van der Waals surface area contributed by atoms with Gasteiger partial charge in [0.2, 0.25) is 5.78 Å². The van der Waals surface area contributed by atoms with E-state index in [9.17, 15) is 4.79 Å². The highest BCUT2D eigenvalue weighted by Gasteiger charge is 2.21. The second kappa shape index (κ2) is 6.65. The van der Waals surface area contributed by atoms with E-state index in [0.717, 1.165) is 0 Å². The van der Waals surface area contributed by atoms with E-state index in [2.05, 4.69) is 10.1 Å². The number of rotatable bonds is 7. The minimum absolute atomic E-state index is 0.264. The third-order valence-corrected chi connectivity index (χ3v) is 3.05. The lowest BCUT2D eigenvalue weighted by Gasteiger charge is -2.05. The summed E-state index contributed by atoms with van der Waals surface area (Å²) in [7, 11) is 1.58. The third kappa shape index (κ3) is 3.06. The van der Waals surface area contributed by atoms with Gasteiger partial charge < -0.3 is 15.0 Å². The maximum Gasteiger partial charge on any atom is 0.232 e. The molecule has 20 heavy (non-hydrogen) atoms. The monoisotopic (exact) mass is 297 g/mol. The zero-order chi connectivity index (χ0) is 14.5. The molecule has 0 aliphatic carbocycles. The summed E-state index contributed by atoms with van der Waals surface area (Å²) in [6.07, 6.45) is 4.67. The van der Waals surface area contributed by atoms with E-state index < -0.39 is 0 Å². The molecule has 0 spiro atoms. The number of nitrogens with two attached hydrogens (primary N) is 1. The highest BCUT2D eigenvalue weighted by atomic mass is 35.5. The molecule has 2 heterocycles. The molecule has 0 fully saturated rings. The first kappa shape index (κ1) is 14.7. The Morgan fingerprint density at radius 3 is 3.00 bits per heavy atom. The van der Waals surface area contributed by atoms with Gasteiger partial charge in [0, 0.05) is 26.4 Å². The smallest absolute Gasteiger partial charge is 0.232 e. The first-order valence-electron chi connectivity index (χ1n) is 6.14. The Morgan fingerprint density at radius 1 is 1.50 bits per heavy atom. The molecule has 0 saturated heterocycles. The summed E-state index contributed by atoms with van der Waals surface area (Å²) in [6.45, 7) is 1.99. The standard InChI is InChI=1S/C12H16ClN5O2/c1-20-5-4-18-11(9(13)6-16-18)12(19)10-7-17(3-2-14)8-15-10/h6-8H,2-5,14H2,1H3. The number of hydrogen-bond donors (Lipinski definition) is 1. The van der Waals surface area contributed by atoms with Crippen molar-refractivity contribution >= 4 is 17.4 Å². The van der Waals surface area contributed by atoms with Gasteiger partial charge in [0.1, 0.15) is 11.4 Å². The number of ether oxygens (including phenoxy) is 1. The molecule has 0 aliphatic rings. The van der Waals surface area contributed by atoms with E-state index in [1.165, 1.54) is 10.9 Å². The molecule has 0 atom stereocenters. The summed E-state index contributed by atoms with van der Waals surface area (Å²) >= 11 is 6.04. The van der Waals surface area contributed by atoms with E-state index in [1.54, 1.807) is 24.2 Å². The van der Waals surface area contributed by atoms with E-state index in [4.69, 9.17) is 22.1 Å². The van der Waals surface area contributed by atoms with Crippen LogP contribution in [0.25, 0.3) is 0 Å². The molecular weight excluding hydrogens is 282 g/mol. The maximum absolute atomic E-state index is 12.4. The molecule has 108 valence electrons. The average molecular weight is 298 g/mol. The first-order valence-corrected chi connectivity index (χ1v) is 6.52. The number of methoxy groups -OCH3 is 1. The molecule has 2 rings (SSSR count). The van der Waals surface area contributed by atoms with Crippen molar-refractivity contribution in [2.24, 2.45) is 5.73 Å². The van der Waals surface area contributed by atoms with E-state index >= 15 is 0 Å². The van der Waals surface area contributed by atoms with Crippen LogP contribution < -0.4 is 5.73 Å². The Kier molecular flexibility index (Phi) is 4.89. The van der Waals surface area contributed by atoms with Crippen molar-refractivity contribution < 1.29 is 9.53 Å². The van der Waals surface area contributed by atoms with Crippen molar-refractivity contribution in [2.75, 3.05) is 20.3 Å². The summed E-state index contributed by atoms with van der Waals surface area (Å²) in [5, 5.41) is 4.38. The fraction of sp³-hybridized carbons (Fsp3) is 0.417. The summed E-state index contributed by atoms with van der Waals surface area (Å²) in [5.74, 6) is -0.264. The molecule has 0 saturated carbocycles. The first-order chi connectivity index (χ1) is 9.67. The minimum atomic E-state index is -0.264. The second-order valence-electron chi connectivity index (χ2n) is 4.17. The summed E-state index contributed by atoms with van der Waals surface area (Å²) in [5.41, 5.74) is 6.10. The second-order valence-corrected chi connectivity index (χ2v) is 4.58. The number of nitrogens with zero attached hydrogens (tertiary/aromatic N) is 4. The van der Waals surface area contributed by atoms with Gasteiger partial charge in [0.25, 0.3) is 0 Å². The SMILES string of the molecule is COCCn1ncc(Cl)c1C(=O)c1cn(CCN)cn1. The predicted molar refractivity (Wildman–Crippen MR) is 73.8 cm³/mol. The van der Waals surface area contributed by atoms with Crippen molar-refractivity contribution in [1.29, 1.82) is 0 Å². The number of carbonyl (C=O) groups excluding carboxylic acids is 1. The molecule has 7 nitrogen and oxygen atoms in total. The van der Waals surface area contributed by atoms with Gasteiger partial charge in [-0.3, -0.25) is 9.48 Å². The maximum atomic E-state index is 12.4. The molecule has 0 unspecified atom stereocenters. The lowest BCUT2D eigenvalue weighted by Crippen LogP contribution is -2.15. The lowest BCUT2D eigenvalue weighted by molar-refractivity contribution is 0.102. The molecule has 2 N–H and O–H groups in total. The fourth-order valence-electron chi connectivity index (χ4n) is 1.81. The van der Waals surface area contributed by atoms with E-state index in [1.807, 2.05) is 0 Å². The number of aromatic nitrogens is 4. The fourth-order valence-corrected chi connectivity index (χ4v) is 2.03. The normalized spacial score (nSPS) is 10.9. The molecule has 2 aromatic heterocycles. The zero-order valence-corrected chi connectivity index (χ0v) is 11.9. The van der Waals surface area contributed by atoms with Gasteiger partial charge in [0.05, 0.1) is 30.7 Å². The predicted octanol–water partition coefficient (Wildman–Crippen LogP) is 0.569. The summed E-state index contributed by atoms with van der Waals surface area (Å²) in [6, 6.07) is 0. The molecule has 8 heteroatoms. The van der Waals surface area contributed by atoms with Gasteiger partial charge in [-0.1, -0.05) is 11.6 Å². The zero-order valence-electron chi connectivity index (χ0n) is 11.1. The topological polar surface area (TPSA) is 88.0 Å². The highest BCUT2D eigenvalue weighted by Crippen LogP contribution is 2.18. The van der Waals surface area contributed by atoms with Crippen LogP contribution in [0, 0.1) is 0 Å². The Bertz CT molecular complexity index is 592.